The Kier molecular flexibility index (Phi) is 3.11. The largest absolute Gasteiger partial charge is 0.454 e. The third kappa shape index (κ3) is 1.97. The zero-order chi connectivity index (χ0) is 19.8. The lowest BCUT2D eigenvalue weighted by molar-refractivity contribution is 0.666. The van der Waals surface area contributed by atoms with Crippen molar-refractivity contribution in [1.82, 2.24) is 14.0 Å². The molecule has 5 heteroatoms. The molecule has 0 bridgehead atoms. The first kappa shape index (κ1) is 16.3. The number of nitrogens with zero attached hydrogens (tertiary/aromatic N) is 3. The summed E-state index contributed by atoms with van der Waals surface area (Å²) >= 11 is 3.78. The van der Waals surface area contributed by atoms with Gasteiger partial charge in [0, 0.05) is 15.2 Å². The molecular weight excluding hydrogens is 438 g/mol. The Hall–Kier alpha value is -3.57. The van der Waals surface area contributed by atoms with Crippen molar-refractivity contribution in [3.05, 3.63) is 89.4 Å². The van der Waals surface area contributed by atoms with Crippen LogP contribution in [0.25, 0.3) is 55.5 Å². The minimum atomic E-state index is 0.862. The molecule has 0 N–H and O–H groups in total. The second-order valence-electron chi connectivity index (χ2n) is 7.43. The normalized spacial score (nSPS) is 12.2. The van der Waals surface area contributed by atoms with E-state index < -0.39 is 0 Å². The Morgan fingerprint density at radius 3 is 2.47 bits per heavy atom. The quantitative estimate of drug-likeness (QED) is 0.267. The van der Waals surface area contributed by atoms with Crippen molar-refractivity contribution in [2.45, 2.75) is 0 Å². The number of para-hydroxylation sites is 5. The molecule has 4 aromatic carbocycles. The van der Waals surface area contributed by atoms with E-state index in [4.69, 9.17) is 9.40 Å². The van der Waals surface area contributed by atoms with Gasteiger partial charge >= 0.3 is 0 Å². The highest BCUT2D eigenvalue weighted by Gasteiger charge is 2.21. The molecule has 0 radical (unpaired) electrons. The Morgan fingerprint density at radius 2 is 1.50 bits per heavy atom. The Balaban J connectivity index is 1.74. The lowest BCUT2D eigenvalue weighted by atomic mass is 10.1. The summed E-state index contributed by atoms with van der Waals surface area (Å²) in [6.45, 7) is 0. The van der Waals surface area contributed by atoms with Gasteiger partial charge < -0.3 is 4.42 Å². The van der Waals surface area contributed by atoms with Crippen molar-refractivity contribution < 1.29 is 4.42 Å². The van der Waals surface area contributed by atoms with Gasteiger partial charge in [-0.1, -0.05) is 48.5 Å². The molecule has 0 unspecified atom stereocenters. The predicted molar refractivity (Wildman–Crippen MR) is 125 cm³/mol. The van der Waals surface area contributed by atoms with E-state index in [0.29, 0.717) is 0 Å². The topological polar surface area (TPSA) is 35.4 Å². The molecule has 3 aromatic heterocycles. The summed E-state index contributed by atoms with van der Waals surface area (Å²) < 4.78 is 11.8. The number of fused-ring (bicyclic) bond motifs is 8. The molecule has 0 spiro atoms. The van der Waals surface area contributed by atoms with Crippen molar-refractivity contribution in [3.8, 4) is 5.69 Å². The fraction of sp³-hybridized carbons (Fsp3) is 0. The monoisotopic (exact) mass is 451 g/mol. The smallest absolute Gasteiger partial charge is 0.220 e. The van der Waals surface area contributed by atoms with Gasteiger partial charge in [0.05, 0.1) is 27.8 Å². The molecule has 7 rings (SSSR count). The van der Waals surface area contributed by atoms with Crippen molar-refractivity contribution in [2.24, 2.45) is 0 Å². The van der Waals surface area contributed by atoms with Gasteiger partial charge in [-0.15, -0.1) is 0 Å². The van der Waals surface area contributed by atoms with E-state index in [1.165, 1.54) is 0 Å². The summed E-state index contributed by atoms with van der Waals surface area (Å²) in [5, 5.41) is 2.22. The first-order valence-corrected chi connectivity index (χ1v) is 10.6. The maximum Gasteiger partial charge on any atom is 0.220 e. The molecule has 7 aromatic rings. The SMILES string of the molecule is Brc1cccc2c1n(-c1cccc3c1oc1ccccc13)c1nc3ccccc3n21. The van der Waals surface area contributed by atoms with Crippen LogP contribution in [0.4, 0.5) is 0 Å². The average molecular weight is 452 g/mol. The van der Waals surface area contributed by atoms with Crippen LogP contribution >= 0.6 is 15.9 Å². The first-order valence-electron chi connectivity index (χ1n) is 9.78. The molecule has 4 nitrogen and oxygen atoms in total. The van der Waals surface area contributed by atoms with Crippen molar-refractivity contribution in [1.29, 1.82) is 0 Å². The Labute approximate surface area is 179 Å². The van der Waals surface area contributed by atoms with Gasteiger partial charge in [-0.3, -0.25) is 8.97 Å². The van der Waals surface area contributed by atoms with E-state index in [1.807, 2.05) is 24.3 Å². The van der Waals surface area contributed by atoms with Crippen LogP contribution in [0.2, 0.25) is 0 Å². The average Bonchev–Trinajstić information content (AvgIpc) is 3.43. The first-order chi connectivity index (χ1) is 14.8. The molecule has 3 heterocycles. The minimum absolute atomic E-state index is 0.862. The van der Waals surface area contributed by atoms with E-state index in [9.17, 15) is 0 Å². The summed E-state index contributed by atoms with van der Waals surface area (Å²) in [7, 11) is 0. The van der Waals surface area contributed by atoms with Crippen LogP contribution in [0, 0.1) is 0 Å². The summed E-state index contributed by atoms with van der Waals surface area (Å²) in [5.74, 6) is 0.867. The van der Waals surface area contributed by atoms with Crippen LogP contribution in [0.5, 0.6) is 0 Å². The van der Waals surface area contributed by atoms with Crippen LogP contribution < -0.4 is 0 Å². The highest BCUT2D eigenvalue weighted by molar-refractivity contribution is 9.10. The highest BCUT2D eigenvalue weighted by Crippen LogP contribution is 2.38. The molecule has 0 atom stereocenters. The number of hydrogen-bond donors (Lipinski definition) is 0. The maximum absolute atomic E-state index is 6.35. The standard InChI is InChI=1S/C25H14BrN3O/c26-17-9-6-12-20-23(17)29(25-27-18-10-2-3-11-19(18)28(20)25)21-13-5-8-16-15-7-1-4-14-22(15)30-24(16)21/h1-14H. The lowest BCUT2D eigenvalue weighted by Gasteiger charge is -2.07. The molecule has 0 saturated carbocycles. The third-order valence-electron chi connectivity index (χ3n) is 5.80. The summed E-state index contributed by atoms with van der Waals surface area (Å²) in [5.41, 5.74) is 6.96. The summed E-state index contributed by atoms with van der Waals surface area (Å²) in [6.07, 6.45) is 0. The molecular formula is C25H14BrN3O. The van der Waals surface area contributed by atoms with Crippen LogP contribution in [-0.4, -0.2) is 14.0 Å². The number of imidazole rings is 2. The van der Waals surface area contributed by atoms with Gasteiger partial charge in [-0.05, 0) is 52.3 Å². The van der Waals surface area contributed by atoms with E-state index in [-0.39, 0.29) is 0 Å². The molecule has 0 amide bonds. The number of furan rings is 1. The van der Waals surface area contributed by atoms with E-state index in [0.717, 1.165) is 59.9 Å². The second kappa shape index (κ2) is 5.74. The van der Waals surface area contributed by atoms with Gasteiger partial charge in [-0.25, -0.2) is 4.98 Å². The van der Waals surface area contributed by atoms with Crippen LogP contribution in [-0.2, 0) is 0 Å². The van der Waals surface area contributed by atoms with Gasteiger partial charge in [0.25, 0.3) is 0 Å². The molecule has 0 aliphatic heterocycles. The van der Waals surface area contributed by atoms with Crippen LogP contribution in [0.1, 0.15) is 0 Å². The molecule has 0 aliphatic carbocycles. The maximum atomic E-state index is 6.35. The number of halogens is 1. The number of rotatable bonds is 1. The summed E-state index contributed by atoms with van der Waals surface area (Å²) in [4.78, 5) is 4.99. The predicted octanol–water partition coefficient (Wildman–Crippen LogP) is 7.09. The highest BCUT2D eigenvalue weighted by atomic mass is 79.9. The fourth-order valence-corrected chi connectivity index (χ4v) is 5.08. The molecule has 0 aliphatic rings. The van der Waals surface area contributed by atoms with Crippen molar-refractivity contribution in [3.63, 3.8) is 0 Å². The Bertz CT molecular complexity index is 1770. The van der Waals surface area contributed by atoms with Gasteiger partial charge in [0.15, 0.2) is 5.58 Å². The molecule has 142 valence electrons. The van der Waals surface area contributed by atoms with Gasteiger partial charge in [-0.2, -0.15) is 0 Å². The molecule has 30 heavy (non-hydrogen) atoms. The molecule has 0 fully saturated rings. The van der Waals surface area contributed by atoms with Crippen molar-refractivity contribution >= 4 is 65.7 Å². The lowest BCUT2D eigenvalue weighted by Crippen LogP contribution is -1.96. The number of hydrogen-bond acceptors (Lipinski definition) is 2. The minimum Gasteiger partial charge on any atom is -0.454 e. The second-order valence-corrected chi connectivity index (χ2v) is 8.29. The van der Waals surface area contributed by atoms with E-state index in [2.05, 4.69) is 85.6 Å². The van der Waals surface area contributed by atoms with Gasteiger partial charge in [0.2, 0.25) is 5.78 Å². The van der Waals surface area contributed by atoms with Crippen molar-refractivity contribution in [2.75, 3.05) is 0 Å². The third-order valence-corrected chi connectivity index (χ3v) is 6.44. The zero-order valence-corrected chi connectivity index (χ0v) is 17.3. The van der Waals surface area contributed by atoms with Crippen LogP contribution in [0.15, 0.2) is 93.8 Å². The zero-order valence-electron chi connectivity index (χ0n) is 15.7. The van der Waals surface area contributed by atoms with Crippen LogP contribution in [0.3, 0.4) is 0 Å². The van der Waals surface area contributed by atoms with E-state index in [1.54, 1.807) is 0 Å². The molecule has 0 saturated heterocycles. The fourth-order valence-electron chi connectivity index (χ4n) is 4.54. The van der Waals surface area contributed by atoms with Gasteiger partial charge in [0.1, 0.15) is 5.58 Å². The number of benzene rings is 4. The van der Waals surface area contributed by atoms with E-state index >= 15 is 0 Å². The number of aromatic nitrogens is 3. The Morgan fingerprint density at radius 1 is 0.733 bits per heavy atom. The summed E-state index contributed by atoms with van der Waals surface area (Å²) in [6, 6.07) is 29.0.